The highest BCUT2D eigenvalue weighted by Gasteiger charge is 2.39. The van der Waals surface area contributed by atoms with Crippen molar-refractivity contribution >= 4 is 29.3 Å². The van der Waals surface area contributed by atoms with E-state index < -0.39 is 0 Å². The van der Waals surface area contributed by atoms with Crippen LogP contribution in [0.3, 0.4) is 0 Å². The fourth-order valence-corrected chi connectivity index (χ4v) is 4.72. The Hall–Kier alpha value is -1.53. The average Bonchev–Trinajstić information content (AvgIpc) is 3.30. The predicted molar refractivity (Wildman–Crippen MR) is 94.9 cm³/mol. The molecule has 1 aromatic carbocycles. The monoisotopic (exact) mass is 362 g/mol. The van der Waals surface area contributed by atoms with Gasteiger partial charge in [0.25, 0.3) is 0 Å². The molecule has 126 valence electrons. The van der Waals surface area contributed by atoms with E-state index in [1.54, 1.807) is 0 Å². The third kappa shape index (κ3) is 3.30. The number of hydrogen-bond donors (Lipinski definition) is 2. The van der Waals surface area contributed by atoms with Crippen LogP contribution in [0, 0.1) is 11.8 Å². The van der Waals surface area contributed by atoms with E-state index in [2.05, 4.69) is 20.5 Å². The molecule has 0 saturated heterocycles. The van der Waals surface area contributed by atoms with Crippen LogP contribution in [0.2, 0.25) is 5.02 Å². The Kier molecular flexibility index (Phi) is 4.50. The van der Waals surface area contributed by atoms with Gasteiger partial charge in [-0.1, -0.05) is 41.9 Å². The van der Waals surface area contributed by atoms with Crippen LogP contribution < -0.4 is 5.32 Å². The number of rotatable bonds is 5. The summed E-state index contributed by atoms with van der Waals surface area (Å²) in [6.45, 7) is 0. The zero-order valence-electron chi connectivity index (χ0n) is 13.2. The van der Waals surface area contributed by atoms with E-state index in [4.69, 9.17) is 11.6 Å². The highest BCUT2D eigenvalue weighted by Crippen LogP contribution is 2.44. The molecule has 4 rings (SSSR count). The number of thioether (sulfide) groups is 1. The standard InChI is InChI=1S/C17H19ClN4OS/c18-13-4-2-1-3-12(13)16-20-17(22-21-16)24-9-15(23)19-14-8-10-5-6-11(14)7-10/h1-4,10-11,14H,5-9H2,(H,19,23)(H,20,21,22)/t10-,11+,14-/m0/s1. The number of nitrogens with one attached hydrogen (secondary N) is 2. The maximum Gasteiger partial charge on any atom is 0.230 e. The zero-order valence-corrected chi connectivity index (χ0v) is 14.7. The predicted octanol–water partition coefficient (Wildman–Crippen LogP) is 3.52. The van der Waals surface area contributed by atoms with E-state index in [1.807, 2.05) is 24.3 Å². The van der Waals surface area contributed by atoms with Crippen molar-refractivity contribution in [3.05, 3.63) is 29.3 Å². The Morgan fingerprint density at radius 3 is 2.96 bits per heavy atom. The third-order valence-corrected chi connectivity index (χ3v) is 6.19. The number of carbonyl (C=O) groups excluding carboxylic acids is 1. The number of halogens is 1. The normalized spacial score (nSPS) is 25.1. The van der Waals surface area contributed by atoms with Crippen LogP contribution in [0.1, 0.15) is 25.7 Å². The van der Waals surface area contributed by atoms with Crippen LogP contribution in [0.25, 0.3) is 11.4 Å². The number of aromatic amines is 1. The maximum atomic E-state index is 12.2. The van der Waals surface area contributed by atoms with Crippen LogP contribution >= 0.6 is 23.4 Å². The Bertz CT molecular complexity index is 750. The second-order valence-corrected chi connectivity index (χ2v) is 7.93. The van der Waals surface area contributed by atoms with Gasteiger partial charge in [0.05, 0.1) is 10.8 Å². The number of H-pyrrole nitrogens is 1. The quantitative estimate of drug-likeness (QED) is 0.798. The molecule has 7 heteroatoms. The molecular formula is C17H19ClN4OS. The molecule has 2 aromatic rings. The van der Waals surface area contributed by atoms with Gasteiger partial charge in [0.1, 0.15) is 0 Å². The number of amides is 1. The smallest absolute Gasteiger partial charge is 0.230 e. The first-order valence-electron chi connectivity index (χ1n) is 8.28. The van der Waals surface area contributed by atoms with E-state index in [-0.39, 0.29) is 5.91 Å². The van der Waals surface area contributed by atoms with Crippen LogP contribution in [0.4, 0.5) is 0 Å². The lowest BCUT2D eigenvalue weighted by Gasteiger charge is -2.22. The number of hydrogen-bond acceptors (Lipinski definition) is 4. The van der Waals surface area contributed by atoms with Crippen LogP contribution in [0.15, 0.2) is 29.4 Å². The van der Waals surface area contributed by atoms with Gasteiger partial charge in [-0.2, -0.15) is 0 Å². The lowest BCUT2D eigenvalue weighted by Crippen LogP contribution is -2.39. The van der Waals surface area contributed by atoms with Gasteiger partial charge >= 0.3 is 0 Å². The molecule has 0 spiro atoms. The molecule has 2 aliphatic rings. The SMILES string of the molecule is O=C(CSc1n[nH]c(-c2ccccc2Cl)n1)N[C@H]1C[C@H]2CC[C@@H]1C2. The molecule has 3 atom stereocenters. The number of carbonyl (C=O) groups is 1. The molecule has 1 aromatic heterocycles. The molecule has 0 aliphatic heterocycles. The lowest BCUT2D eigenvalue weighted by molar-refractivity contribution is -0.119. The van der Waals surface area contributed by atoms with Crippen molar-refractivity contribution in [1.29, 1.82) is 0 Å². The van der Waals surface area contributed by atoms with Crippen LogP contribution in [-0.4, -0.2) is 32.9 Å². The van der Waals surface area contributed by atoms with Gasteiger partial charge in [0, 0.05) is 11.6 Å². The van der Waals surface area contributed by atoms with Crippen molar-refractivity contribution < 1.29 is 4.79 Å². The fraction of sp³-hybridized carbons (Fsp3) is 0.471. The number of benzene rings is 1. The Morgan fingerprint density at radius 1 is 1.33 bits per heavy atom. The second-order valence-electron chi connectivity index (χ2n) is 6.58. The minimum absolute atomic E-state index is 0.0710. The average molecular weight is 363 g/mol. The first-order chi connectivity index (χ1) is 11.7. The molecule has 0 unspecified atom stereocenters. The second kappa shape index (κ2) is 6.76. The van der Waals surface area contributed by atoms with Gasteiger partial charge in [0.2, 0.25) is 11.1 Å². The van der Waals surface area contributed by atoms with Crippen molar-refractivity contribution in [1.82, 2.24) is 20.5 Å². The number of nitrogens with zero attached hydrogens (tertiary/aromatic N) is 2. The van der Waals surface area contributed by atoms with Crippen molar-refractivity contribution in [2.45, 2.75) is 36.9 Å². The van der Waals surface area contributed by atoms with Crippen LogP contribution in [0.5, 0.6) is 0 Å². The first-order valence-corrected chi connectivity index (χ1v) is 9.65. The molecule has 2 aliphatic carbocycles. The van der Waals surface area contributed by atoms with Crippen molar-refractivity contribution in [2.24, 2.45) is 11.8 Å². The summed E-state index contributed by atoms with van der Waals surface area (Å²) in [6, 6.07) is 7.85. The molecule has 24 heavy (non-hydrogen) atoms. The van der Waals surface area contributed by atoms with Crippen molar-refractivity contribution in [2.75, 3.05) is 5.75 Å². The summed E-state index contributed by atoms with van der Waals surface area (Å²) in [5.74, 6) is 2.56. The summed E-state index contributed by atoms with van der Waals surface area (Å²) >= 11 is 7.51. The highest BCUT2D eigenvalue weighted by molar-refractivity contribution is 7.99. The Labute approximate surface area is 150 Å². The summed E-state index contributed by atoms with van der Waals surface area (Å²) in [7, 11) is 0. The van der Waals surface area contributed by atoms with E-state index >= 15 is 0 Å². The molecule has 2 N–H and O–H groups in total. The topological polar surface area (TPSA) is 70.7 Å². The van der Waals surface area contributed by atoms with E-state index in [9.17, 15) is 4.79 Å². The molecule has 2 saturated carbocycles. The molecule has 0 radical (unpaired) electrons. The highest BCUT2D eigenvalue weighted by atomic mass is 35.5. The minimum atomic E-state index is 0.0710. The Balaban J connectivity index is 1.32. The van der Waals surface area contributed by atoms with E-state index in [1.165, 1.54) is 31.0 Å². The van der Waals surface area contributed by atoms with Gasteiger partial charge in [-0.25, -0.2) is 4.98 Å². The van der Waals surface area contributed by atoms with Gasteiger partial charge in [0.15, 0.2) is 5.82 Å². The summed E-state index contributed by atoms with van der Waals surface area (Å²) < 4.78 is 0. The summed E-state index contributed by atoms with van der Waals surface area (Å²) in [6.07, 6.45) is 5.05. The maximum absolute atomic E-state index is 12.2. The third-order valence-electron chi connectivity index (χ3n) is 5.01. The van der Waals surface area contributed by atoms with E-state index in [0.717, 1.165) is 17.9 Å². The molecule has 2 fully saturated rings. The molecule has 1 amide bonds. The summed E-state index contributed by atoms with van der Waals surface area (Å²) in [5.41, 5.74) is 0.810. The van der Waals surface area contributed by atoms with Crippen molar-refractivity contribution in [3.63, 3.8) is 0 Å². The molecular weight excluding hydrogens is 344 g/mol. The zero-order chi connectivity index (χ0) is 16.5. The summed E-state index contributed by atoms with van der Waals surface area (Å²) in [4.78, 5) is 16.6. The fourth-order valence-electron chi connectivity index (χ4n) is 3.88. The van der Waals surface area contributed by atoms with Crippen molar-refractivity contribution in [3.8, 4) is 11.4 Å². The summed E-state index contributed by atoms with van der Waals surface area (Å²) in [5, 5.41) is 11.4. The van der Waals surface area contributed by atoms with Gasteiger partial charge < -0.3 is 5.32 Å². The van der Waals surface area contributed by atoms with Gasteiger partial charge in [-0.15, -0.1) is 5.10 Å². The minimum Gasteiger partial charge on any atom is -0.352 e. The van der Waals surface area contributed by atoms with Gasteiger partial charge in [-0.3, -0.25) is 9.89 Å². The van der Waals surface area contributed by atoms with E-state index in [0.29, 0.717) is 33.7 Å². The molecule has 1 heterocycles. The number of aromatic nitrogens is 3. The molecule has 2 bridgehead atoms. The van der Waals surface area contributed by atoms with Crippen LogP contribution in [-0.2, 0) is 4.79 Å². The first kappa shape index (κ1) is 16.0. The molecule has 5 nitrogen and oxygen atoms in total. The Morgan fingerprint density at radius 2 is 2.21 bits per heavy atom. The van der Waals surface area contributed by atoms with Gasteiger partial charge in [-0.05, 0) is 43.2 Å². The number of fused-ring (bicyclic) bond motifs is 2. The largest absolute Gasteiger partial charge is 0.352 e. The lowest BCUT2D eigenvalue weighted by atomic mass is 9.95.